The van der Waals surface area contributed by atoms with E-state index in [2.05, 4.69) is 43.0 Å². The van der Waals surface area contributed by atoms with Gasteiger partial charge in [-0.1, -0.05) is 32.0 Å². The normalized spacial score (nSPS) is 17.1. The lowest BCUT2D eigenvalue weighted by Crippen LogP contribution is -2.38. The molecule has 1 atom stereocenters. The van der Waals surface area contributed by atoms with Crippen LogP contribution in [0.1, 0.15) is 25.8 Å². The molecule has 0 saturated heterocycles. The smallest absolute Gasteiger partial charge is 0.0398 e. The van der Waals surface area contributed by atoms with E-state index >= 15 is 0 Å². The van der Waals surface area contributed by atoms with Crippen molar-refractivity contribution in [3.63, 3.8) is 0 Å². The van der Waals surface area contributed by atoms with Crippen molar-refractivity contribution in [3.8, 4) is 0 Å². The molecule has 2 heteroatoms. The number of benzene rings is 1. The van der Waals surface area contributed by atoms with Crippen LogP contribution in [0.2, 0.25) is 0 Å². The summed E-state index contributed by atoms with van der Waals surface area (Å²) in [5, 5.41) is 0. The molecule has 0 bridgehead atoms. The minimum Gasteiger partial charge on any atom is -0.371 e. The summed E-state index contributed by atoms with van der Waals surface area (Å²) in [6.45, 7) is 7.61. The first-order valence-electron chi connectivity index (χ1n) is 6.75. The summed E-state index contributed by atoms with van der Waals surface area (Å²) in [6.07, 6.45) is 2.49. The predicted molar refractivity (Wildman–Crippen MR) is 74.4 cm³/mol. The van der Waals surface area contributed by atoms with Crippen LogP contribution in [0.4, 0.5) is 5.69 Å². The van der Waals surface area contributed by atoms with Crippen molar-refractivity contribution in [1.82, 2.24) is 0 Å². The number of rotatable bonds is 4. The number of nitrogens with two attached hydrogens (primary N) is 1. The summed E-state index contributed by atoms with van der Waals surface area (Å²) in [6, 6.07) is 8.80. The first-order valence-corrected chi connectivity index (χ1v) is 6.75. The third-order valence-electron chi connectivity index (χ3n) is 3.91. The Kier molecular flexibility index (Phi) is 4.06. The lowest BCUT2D eigenvalue weighted by molar-refractivity contribution is 0.389. The van der Waals surface area contributed by atoms with Crippen molar-refractivity contribution in [2.45, 2.75) is 26.7 Å². The maximum Gasteiger partial charge on any atom is 0.0398 e. The first-order chi connectivity index (χ1) is 8.22. The van der Waals surface area contributed by atoms with Crippen molar-refractivity contribution in [2.24, 2.45) is 17.6 Å². The molecule has 2 rings (SSSR count). The Labute approximate surface area is 105 Å². The summed E-state index contributed by atoms with van der Waals surface area (Å²) >= 11 is 0. The van der Waals surface area contributed by atoms with Gasteiger partial charge in [-0.15, -0.1) is 0 Å². The Morgan fingerprint density at radius 1 is 1.29 bits per heavy atom. The zero-order valence-electron chi connectivity index (χ0n) is 11.0. The van der Waals surface area contributed by atoms with Crippen molar-refractivity contribution in [2.75, 3.05) is 24.5 Å². The number of fused-ring (bicyclic) bond motifs is 1. The first kappa shape index (κ1) is 12.4. The molecule has 0 aliphatic carbocycles. The van der Waals surface area contributed by atoms with Crippen LogP contribution in [0.25, 0.3) is 0 Å². The summed E-state index contributed by atoms with van der Waals surface area (Å²) < 4.78 is 0. The average Bonchev–Trinajstić information content (AvgIpc) is 2.35. The molecule has 0 fully saturated rings. The van der Waals surface area contributed by atoms with E-state index in [1.54, 1.807) is 0 Å². The third kappa shape index (κ3) is 2.81. The minimum absolute atomic E-state index is 0.598. The number of hydrogen-bond donors (Lipinski definition) is 1. The topological polar surface area (TPSA) is 29.3 Å². The number of anilines is 1. The summed E-state index contributed by atoms with van der Waals surface area (Å²) in [5.74, 6) is 1.26. The number of para-hydroxylation sites is 1. The second-order valence-electron chi connectivity index (χ2n) is 5.42. The van der Waals surface area contributed by atoms with Crippen LogP contribution in [0.3, 0.4) is 0 Å². The molecule has 2 N–H and O–H groups in total. The van der Waals surface area contributed by atoms with Gasteiger partial charge in [0, 0.05) is 18.8 Å². The lowest BCUT2D eigenvalue weighted by atomic mass is 9.93. The molecule has 0 amide bonds. The molecule has 17 heavy (non-hydrogen) atoms. The van der Waals surface area contributed by atoms with Crippen molar-refractivity contribution in [3.05, 3.63) is 29.8 Å². The van der Waals surface area contributed by atoms with Gasteiger partial charge >= 0.3 is 0 Å². The molecule has 0 saturated carbocycles. The molecule has 2 nitrogen and oxygen atoms in total. The van der Waals surface area contributed by atoms with Gasteiger partial charge in [-0.2, -0.15) is 0 Å². The molecule has 1 aliphatic rings. The molecular formula is C15H24N2. The molecule has 1 aromatic rings. The van der Waals surface area contributed by atoms with Crippen LogP contribution in [0.15, 0.2) is 24.3 Å². The largest absolute Gasteiger partial charge is 0.371 e. The highest BCUT2D eigenvalue weighted by molar-refractivity contribution is 5.55. The van der Waals surface area contributed by atoms with E-state index in [9.17, 15) is 0 Å². The standard InChI is InChI=1S/C15H24N2/c1-12(2)14(10-16)11-17-9-5-7-13-6-3-4-8-15(13)17/h3-4,6,8,12,14H,5,7,9-11,16H2,1-2H3. The van der Waals surface area contributed by atoms with Gasteiger partial charge in [0.05, 0.1) is 0 Å². The van der Waals surface area contributed by atoms with Gasteiger partial charge in [0.1, 0.15) is 0 Å². The van der Waals surface area contributed by atoms with Crippen molar-refractivity contribution >= 4 is 5.69 Å². The Hall–Kier alpha value is -1.02. The van der Waals surface area contributed by atoms with Crippen LogP contribution >= 0.6 is 0 Å². The molecule has 0 spiro atoms. The van der Waals surface area contributed by atoms with E-state index in [0.29, 0.717) is 11.8 Å². The Bertz CT molecular complexity index is 360. The van der Waals surface area contributed by atoms with Gasteiger partial charge in [-0.05, 0) is 42.9 Å². The molecular weight excluding hydrogens is 208 g/mol. The van der Waals surface area contributed by atoms with E-state index < -0.39 is 0 Å². The zero-order valence-corrected chi connectivity index (χ0v) is 11.0. The summed E-state index contributed by atoms with van der Waals surface area (Å²) in [5.41, 5.74) is 8.81. The highest BCUT2D eigenvalue weighted by Crippen LogP contribution is 2.28. The molecule has 1 unspecified atom stereocenters. The molecule has 1 aliphatic heterocycles. The van der Waals surface area contributed by atoms with Crippen LogP contribution in [0, 0.1) is 11.8 Å². The van der Waals surface area contributed by atoms with E-state index in [1.807, 2.05) is 0 Å². The van der Waals surface area contributed by atoms with Crippen molar-refractivity contribution in [1.29, 1.82) is 0 Å². The molecule has 94 valence electrons. The minimum atomic E-state index is 0.598. The highest BCUT2D eigenvalue weighted by Gasteiger charge is 2.20. The van der Waals surface area contributed by atoms with Gasteiger partial charge < -0.3 is 10.6 Å². The number of nitrogens with zero attached hydrogens (tertiary/aromatic N) is 1. The quantitative estimate of drug-likeness (QED) is 0.865. The van der Waals surface area contributed by atoms with Gasteiger partial charge in [0.15, 0.2) is 0 Å². The Balaban J connectivity index is 2.13. The van der Waals surface area contributed by atoms with Crippen LogP contribution in [-0.2, 0) is 6.42 Å². The SMILES string of the molecule is CC(C)C(CN)CN1CCCc2ccccc21. The fourth-order valence-corrected chi connectivity index (χ4v) is 2.64. The average molecular weight is 232 g/mol. The Morgan fingerprint density at radius 3 is 2.76 bits per heavy atom. The molecule has 1 heterocycles. The van der Waals surface area contributed by atoms with Gasteiger partial charge in [0.2, 0.25) is 0 Å². The Morgan fingerprint density at radius 2 is 2.06 bits per heavy atom. The second-order valence-corrected chi connectivity index (χ2v) is 5.42. The van der Waals surface area contributed by atoms with Crippen LogP contribution in [0.5, 0.6) is 0 Å². The number of aryl methyl sites for hydroxylation is 1. The third-order valence-corrected chi connectivity index (χ3v) is 3.91. The van der Waals surface area contributed by atoms with Crippen LogP contribution < -0.4 is 10.6 Å². The van der Waals surface area contributed by atoms with Crippen LogP contribution in [-0.4, -0.2) is 19.6 Å². The fraction of sp³-hybridized carbons (Fsp3) is 0.600. The van der Waals surface area contributed by atoms with E-state index in [1.165, 1.54) is 30.6 Å². The van der Waals surface area contributed by atoms with E-state index in [-0.39, 0.29) is 0 Å². The molecule has 1 aromatic carbocycles. The maximum atomic E-state index is 5.88. The monoisotopic (exact) mass is 232 g/mol. The summed E-state index contributed by atoms with van der Waals surface area (Å²) in [4.78, 5) is 2.52. The van der Waals surface area contributed by atoms with E-state index in [0.717, 1.165) is 13.1 Å². The molecule has 0 radical (unpaired) electrons. The lowest BCUT2D eigenvalue weighted by Gasteiger charge is -2.35. The number of hydrogen-bond acceptors (Lipinski definition) is 2. The van der Waals surface area contributed by atoms with Crippen molar-refractivity contribution < 1.29 is 0 Å². The molecule has 0 aromatic heterocycles. The second kappa shape index (κ2) is 5.54. The van der Waals surface area contributed by atoms with Gasteiger partial charge in [-0.25, -0.2) is 0 Å². The fourth-order valence-electron chi connectivity index (χ4n) is 2.64. The van der Waals surface area contributed by atoms with Gasteiger partial charge in [-0.3, -0.25) is 0 Å². The van der Waals surface area contributed by atoms with Gasteiger partial charge in [0.25, 0.3) is 0 Å². The van der Waals surface area contributed by atoms with E-state index in [4.69, 9.17) is 5.73 Å². The predicted octanol–water partition coefficient (Wildman–Crippen LogP) is 2.67. The highest BCUT2D eigenvalue weighted by atomic mass is 15.1. The zero-order chi connectivity index (χ0) is 12.3. The summed E-state index contributed by atoms with van der Waals surface area (Å²) in [7, 11) is 0. The maximum absolute atomic E-state index is 5.88.